The second-order valence-corrected chi connectivity index (χ2v) is 4.54. The molecule has 2 atom stereocenters. The van der Waals surface area contributed by atoms with Crippen molar-refractivity contribution >= 4 is 0 Å². The molecule has 0 aromatic rings. The van der Waals surface area contributed by atoms with Crippen LogP contribution in [-0.2, 0) is 4.74 Å². The van der Waals surface area contributed by atoms with E-state index in [1.54, 1.807) is 0 Å². The van der Waals surface area contributed by atoms with Crippen molar-refractivity contribution in [2.24, 2.45) is 5.73 Å². The lowest BCUT2D eigenvalue weighted by molar-refractivity contribution is 0.00670. The maximum absolute atomic E-state index is 14.2. The predicted molar refractivity (Wildman–Crippen MR) is 52.9 cm³/mol. The molecule has 2 rings (SSSR count). The van der Waals surface area contributed by atoms with Gasteiger partial charge < -0.3 is 10.5 Å². The van der Waals surface area contributed by atoms with Gasteiger partial charge in [0.15, 0.2) is 0 Å². The second-order valence-electron chi connectivity index (χ2n) is 4.54. The first-order chi connectivity index (χ1) is 6.68. The Hall–Kier alpha value is -0.190. The lowest BCUT2D eigenvalue weighted by atomic mass is 10.0. The Morgan fingerprint density at radius 1 is 1.43 bits per heavy atom. The minimum absolute atomic E-state index is 0.0704. The zero-order chi connectivity index (χ0) is 10.0. The molecule has 2 N–H and O–H groups in total. The van der Waals surface area contributed by atoms with E-state index in [2.05, 4.69) is 4.90 Å². The molecule has 4 heteroatoms. The summed E-state index contributed by atoms with van der Waals surface area (Å²) in [6, 6.07) is 0.0704. The average Bonchev–Trinajstić information content (AvgIpc) is 2.47. The van der Waals surface area contributed by atoms with Crippen molar-refractivity contribution in [2.45, 2.75) is 31.0 Å². The molecule has 1 aliphatic heterocycles. The summed E-state index contributed by atoms with van der Waals surface area (Å²) >= 11 is 0. The van der Waals surface area contributed by atoms with Gasteiger partial charge in [0.1, 0.15) is 5.67 Å². The van der Waals surface area contributed by atoms with E-state index in [1.165, 1.54) is 0 Å². The topological polar surface area (TPSA) is 38.5 Å². The number of ether oxygens (including phenoxy) is 1. The van der Waals surface area contributed by atoms with Crippen LogP contribution in [0.4, 0.5) is 4.39 Å². The average molecular weight is 202 g/mol. The zero-order valence-electron chi connectivity index (χ0n) is 8.54. The highest BCUT2D eigenvalue weighted by Gasteiger charge is 2.39. The van der Waals surface area contributed by atoms with Gasteiger partial charge in [-0.15, -0.1) is 0 Å². The smallest absolute Gasteiger partial charge is 0.125 e. The maximum atomic E-state index is 14.2. The van der Waals surface area contributed by atoms with Gasteiger partial charge in [0, 0.05) is 25.7 Å². The van der Waals surface area contributed by atoms with Crippen LogP contribution in [0.15, 0.2) is 0 Å². The zero-order valence-corrected chi connectivity index (χ0v) is 8.54. The number of alkyl halides is 1. The summed E-state index contributed by atoms with van der Waals surface area (Å²) in [7, 11) is 0. The van der Waals surface area contributed by atoms with E-state index in [4.69, 9.17) is 10.5 Å². The Morgan fingerprint density at radius 3 is 2.71 bits per heavy atom. The van der Waals surface area contributed by atoms with Gasteiger partial charge in [0.05, 0.1) is 13.2 Å². The lowest BCUT2D eigenvalue weighted by Gasteiger charge is -2.32. The van der Waals surface area contributed by atoms with Crippen LogP contribution in [0.3, 0.4) is 0 Å². The molecule has 1 saturated heterocycles. The summed E-state index contributed by atoms with van der Waals surface area (Å²) in [6.45, 7) is 3.75. The van der Waals surface area contributed by atoms with E-state index in [-0.39, 0.29) is 6.04 Å². The van der Waals surface area contributed by atoms with Crippen molar-refractivity contribution in [3.63, 3.8) is 0 Å². The first kappa shape index (κ1) is 10.3. The third kappa shape index (κ3) is 2.43. The first-order valence-corrected chi connectivity index (χ1v) is 5.43. The fourth-order valence-electron chi connectivity index (χ4n) is 2.42. The van der Waals surface area contributed by atoms with E-state index in [0.717, 1.165) is 32.7 Å². The lowest BCUT2D eigenvalue weighted by Crippen LogP contribution is -2.44. The molecule has 0 radical (unpaired) electrons. The van der Waals surface area contributed by atoms with Gasteiger partial charge in [-0.05, 0) is 19.3 Å². The van der Waals surface area contributed by atoms with Gasteiger partial charge in [-0.1, -0.05) is 0 Å². The summed E-state index contributed by atoms with van der Waals surface area (Å²) in [6.07, 6.45) is 2.00. The maximum Gasteiger partial charge on any atom is 0.125 e. The Labute approximate surface area is 84.4 Å². The molecular weight excluding hydrogens is 183 g/mol. The van der Waals surface area contributed by atoms with Gasteiger partial charge in [0.2, 0.25) is 0 Å². The molecule has 82 valence electrons. The van der Waals surface area contributed by atoms with Crippen LogP contribution in [-0.4, -0.2) is 49.5 Å². The molecule has 0 amide bonds. The number of rotatable bonds is 2. The van der Waals surface area contributed by atoms with Gasteiger partial charge in [-0.3, -0.25) is 4.90 Å². The van der Waals surface area contributed by atoms with E-state index in [9.17, 15) is 4.39 Å². The second kappa shape index (κ2) is 4.13. The molecule has 0 spiro atoms. The summed E-state index contributed by atoms with van der Waals surface area (Å²) in [4.78, 5) is 2.15. The fraction of sp³-hybridized carbons (Fsp3) is 1.00. The van der Waals surface area contributed by atoms with Crippen LogP contribution in [0.1, 0.15) is 19.3 Å². The Bertz CT molecular complexity index is 197. The minimum atomic E-state index is -1.03. The van der Waals surface area contributed by atoms with Crippen molar-refractivity contribution in [2.75, 3.05) is 32.8 Å². The van der Waals surface area contributed by atoms with Crippen molar-refractivity contribution in [1.29, 1.82) is 0 Å². The molecule has 1 saturated carbocycles. The van der Waals surface area contributed by atoms with Crippen LogP contribution in [0.5, 0.6) is 0 Å². The molecule has 14 heavy (non-hydrogen) atoms. The van der Waals surface area contributed by atoms with Gasteiger partial charge in [0.25, 0.3) is 0 Å². The highest BCUT2D eigenvalue weighted by Crippen LogP contribution is 2.33. The first-order valence-electron chi connectivity index (χ1n) is 5.43. The van der Waals surface area contributed by atoms with Crippen LogP contribution >= 0.6 is 0 Å². The summed E-state index contributed by atoms with van der Waals surface area (Å²) in [5.41, 5.74) is 4.70. The van der Waals surface area contributed by atoms with E-state index in [0.29, 0.717) is 19.4 Å². The summed E-state index contributed by atoms with van der Waals surface area (Å²) in [5, 5.41) is 0. The highest BCUT2D eigenvalue weighted by atomic mass is 19.1. The third-order valence-electron chi connectivity index (χ3n) is 3.20. The van der Waals surface area contributed by atoms with Crippen molar-refractivity contribution in [3.05, 3.63) is 0 Å². The third-order valence-corrected chi connectivity index (χ3v) is 3.20. The number of hydrogen-bond acceptors (Lipinski definition) is 3. The molecular formula is C10H19FN2O. The van der Waals surface area contributed by atoms with Crippen molar-refractivity contribution in [1.82, 2.24) is 4.90 Å². The molecule has 0 aromatic heterocycles. The number of nitrogens with two attached hydrogens (primary N) is 1. The van der Waals surface area contributed by atoms with E-state index in [1.807, 2.05) is 0 Å². The SMILES string of the molecule is NC1CCC(F)(CN2CCOCC2)C1. The molecule has 0 aromatic carbocycles. The van der Waals surface area contributed by atoms with Crippen LogP contribution < -0.4 is 5.73 Å². The predicted octanol–water partition coefficient (Wildman–Crippen LogP) is 0.538. The van der Waals surface area contributed by atoms with Gasteiger partial charge >= 0.3 is 0 Å². The van der Waals surface area contributed by atoms with Crippen molar-refractivity contribution < 1.29 is 9.13 Å². The standard InChI is InChI=1S/C10H19FN2O/c11-10(2-1-9(12)7-10)8-13-3-5-14-6-4-13/h9H,1-8,12H2. The van der Waals surface area contributed by atoms with Crippen LogP contribution in [0.2, 0.25) is 0 Å². The van der Waals surface area contributed by atoms with E-state index < -0.39 is 5.67 Å². The molecule has 2 aliphatic rings. The Morgan fingerprint density at radius 2 is 2.14 bits per heavy atom. The van der Waals surface area contributed by atoms with Crippen LogP contribution in [0.25, 0.3) is 0 Å². The monoisotopic (exact) mass is 202 g/mol. The summed E-state index contributed by atoms with van der Waals surface area (Å²) < 4.78 is 19.4. The quantitative estimate of drug-likeness (QED) is 0.710. The molecule has 1 aliphatic carbocycles. The molecule has 0 bridgehead atoms. The molecule has 2 unspecified atom stereocenters. The number of hydrogen-bond donors (Lipinski definition) is 1. The normalized spacial score (nSPS) is 40.3. The number of morpholine rings is 1. The van der Waals surface area contributed by atoms with Gasteiger partial charge in [-0.2, -0.15) is 0 Å². The number of halogens is 1. The molecule has 2 fully saturated rings. The Kier molecular flexibility index (Phi) is 3.04. The molecule has 3 nitrogen and oxygen atoms in total. The van der Waals surface area contributed by atoms with Crippen LogP contribution in [0, 0.1) is 0 Å². The molecule has 1 heterocycles. The van der Waals surface area contributed by atoms with E-state index >= 15 is 0 Å². The minimum Gasteiger partial charge on any atom is -0.379 e. The largest absolute Gasteiger partial charge is 0.379 e. The fourth-order valence-corrected chi connectivity index (χ4v) is 2.42. The highest BCUT2D eigenvalue weighted by molar-refractivity contribution is 4.94. The summed E-state index contributed by atoms with van der Waals surface area (Å²) in [5.74, 6) is 0. The van der Waals surface area contributed by atoms with Gasteiger partial charge in [-0.25, -0.2) is 4.39 Å². The van der Waals surface area contributed by atoms with Crippen molar-refractivity contribution in [3.8, 4) is 0 Å². The Balaban J connectivity index is 1.83. The number of nitrogens with zero attached hydrogens (tertiary/aromatic N) is 1.